The molecule has 4 rings (SSSR count). The fourth-order valence-electron chi connectivity index (χ4n) is 3.17. The predicted octanol–water partition coefficient (Wildman–Crippen LogP) is 3.41. The topological polar surface area (TPSA) is 69.3 Å². The number of ketones is 1. The summed E-state index contributed by atoms with van der Waals surface area (Å²) in [5, 5.41) is 3.69. The Morgan fingerprint density at radius 1 is 1.33 bits per heavy atom. The fraction of sp³-hybridized carbons (Fsp3) is 0.412. The van der Waals surface area contributed by atoms with Gasteiger partial charge in [0.05, 0.1) is 12.2 Å². The molecule has 1 saturated carbocycles. The molecule has 0 bridgehead atoms. The number of aryl methyl sites for hydroxylation is 1. The maximum Gasteiger partial charge on any atom is 0.435 e. The highest BCUT2D eigenvalue weighted by atomic mass is 32.1. The summed E-state index contributed by atoms with van der Waals surface area (Å²) in [4.78, 5) is 29.7. The number of aromatic nitrogens is 4. The first kappa shape index (κ1) is 17.9. The maximum atomic E-state index is 13.0. The average molecular weight is 396 g/mol. The molecular formula is C17H15F3N4O2S. The maximum absolute atomic E-state index is 13.0. The standard InChI is InChI=1S/C17H15F3N4O2S/c1-8(25)15-9(2)27-16-21-11(5-14(26)24(15)16)7-23-12(10-3-4-10)6-13(22-23)17(18,19)20/h5-6,10H,3-4,7H2,1-2H3. The van der Waals surface area contributed by atoms with Crippen LogP contribution in [0.2, 0.25) is 0 Å². The minimum atomic E-state index is -4.52. The number of nitrogens with zero attached hydrogens (tertiary/aromatic N) is 4. The number of rotatable bonds is 4. The van der Waals surface area contributed by atoms with Crippen molar-refractivity contribution in [2.45, 2.75) is 45.3 Å². The van der Waals surface area contributed by atoms with E-state index in [-0.39, 0.29) is 23.9 Å². The van der Waals surface area contributed by atoms with Gasteiger partial charge in [-0.3, -0.25) is 14.3 Å². The van der Waals surface area contributed by atoms with Crippen LogP contribution in [0.1, 0.15) is 58.1 Å². The summed E-state index contributed by atoms with van der Waals surface area (Å²) >= 11 is 1.20. The number of halogens is 3. The van der Waals surface area contributed by atoms with Crippen LogP contribution in [-0.2, 0) is 12.7 Å². The summed E-state index contributed by atoms with van der Waals surface area (Å²) in [7, 11) is 0. The minimum absolute atomic E-state index is 0.0278. The van der Waals surface area contributed by atoms with Crippen molar-refractivity contribution in [2.75, 3.05) is 0 Å². The van der Waals surface area contributed by atoms with E-state index < -0.39 is 17.4 Å². The number of hydrogen-bond acceptors (Lipinski definition) is 5. The Morgan fingerprint density at radius 2 is 2.04 bits per heavy atom. The van der Waals surface area contributed by atoms with Crippen LogP contribution in [0.25, 0.3) is 4.96 Å². The van der Waals surface area contributed by atoms with Crippen LogP contribution in [0, 0.1) is 6.92 Å². The number of Topliss-reactive ketones (excluding diaryl/α,β-unsaturated/α-hetero) is 1. The van der Waals surface area contributed by atoms with E-state index in [0.29, 0.717) is 21.2 Å². The fourth-order valence-corrected chi connectivity index (χ4v) is 4.21. The highest BCUT2D eigenvalue weighted by Gasteiger charge is 2.37. The molecule has 3 aromatic rings. The lowest BCUT2D eigenvalue weighted by molar-refractivity contribution is -0.141. The Kier molecular flexibility index (Phi) is 3.99. The molecule has 0 unspecified atom stereocenters. The van der Waals surface area contributed by atoms with Gasteiger partial charge in [0.25, 0.3) is 5.56 Å². The van der Waals surface area contributed by atoms with E-state index in [0.717, 1.165) is 18.9 Å². The molecule has 0 radical (unpaired) electrons. The molecule has 0 aliphatic heterocycles. The van der Waals surface area contributed by atoms with Gasteiger partial charge in [-0.15, -0.1) is 11.3 Å². The zero-order valence-corrected chi connectivity index (χ0v) is 15.3. The lowest BCUT2D eigenvalue weighted by atomic mass is 10.2. The molecule has 0 spiro atoms. The van der Waals surface area contributed by atoms with Gasteiger partial charge in [-0.05, 0) is 25.8 Å². The molecule has 1 aliphatic rings. The van der Waals surface area contributed by atoms with E-state index in [1.165, 1.54) is 33.4 Å². The SMILES string of the molecule is CC(=O)c1c(C)sc2nc(Cn3nc(C(F)(F)F)cc3C3CC3)cc(=O)n12. The molecular weight excluding hydrogens is 381 g/mol. The van der Waals surface area contributed by atoms with E-state index in [4.69, 9.17) is 0 Å². The normalized spacial score (nSPS) is 14.9. The Hall–Kier alpha value is -2.49. The van der Waals surface area contributed by atoms with E-state index in [1.54, 1.807) is 6.92 Å². The summed E-state index contributed by atoms with van der Waals surface area (Å²) in [6, 6.07) is 2.32. The van der Waals surface area contributed by atoms with Crippen LogP contribution in [-0.4, -0.2) is 24.9 Å². The summed E-state index contributed by atoms with van der Waals surface area (Å²) < 4.78 is 41.6. The summed E-state index contributed by atoms with van der Waals surface area (Å²) in [6.45, 7) is 3.07. The Morgan fingerprint density at radius 3 is 2.63 bits per heavy atom. The monoisotopic (exact) mass is 396 g/mol. The third kappa shape index (κ3) is 3.18. The number of carbonyl (C=O) groups is 1. The van der Waals surface area contributed by atoms with E-state index in [1.807, 2.05) is 0 Å². The third-order valence-corrected chi connectivity index (χ3v) is 5.44. The van der Waals surface area contributed by atoms with Gasteiger partial charge >= 0.3 is 6.18 Å². The van der Waals surface area contributed by atoms with Gasteiger partial charge in [0.15, 0.2) is 16.4 Å². The van der Waals surface area contributed by atoms with Gasteiger partial charge in [0, 0.05) is 29.5 Å². The second-order valence-corrected chi connectivity index (χ2v) is 7.83. The van der Waals surface area contributed by atoms with Gasteiger partial charge in [-0.2, -0.15) is 18.3 Å². The number of alkyl halides is 3. The Balaban J connectivity index is 1.77. The molecule has 142 valence electrons. The molecule has 1 aliphatic carbocycles. The largest absolute Gasteiger partial charge is 0.435 e. The smallest absolute Gasteiger partial charge is 0.293 e. The number of hydrogen-bond donors (Lipinski definition) is 0. The molecule has 10 heteroatoms. The molecule has 0 amide bonds. The lowest BCUT2D eigenvalue weighted by Crippen LogP contribution is -2.20. The zero-order chi connectivity index (χ0) is 19.5. The first-order valence-corrected chi connectivity index (χ1v) is 9.14. The van der Waals surface area contributed by atoms with Crippen molar-refractivity contribution in [2.24, 2.45) is 0 Å². The van der Waals surface area contributed by atoms with E-state index >= 15 is 0 Å². The summed E-state index contributed by atoms with van der Waals surface area (Å²) in [6.07, 6.45) is -2.87. The highest BCUT2D eigenvalue weighted by Crippen LogP contribution is 2.42. The molecule has 0 saturated heterocycles. The molecule has 3 aromatic heterocycles. The van der Waals surface area contributed by atoms with E-state index in [2.05, 4.69) is 10.1 Å². The molecule has 0 N–H and O–H groups in total. The van der Waals surface area contributed by atoms with Gasteiger partial charge < -0.3 is 0 Å². The second-order valence-electron chi connectivity index (χ2n) is 6.65. The lowest BCUT2D eigenvalue weighted by Gasteiger charge is -2.07. The minimum Gasteiger partial charge on any atom is -0.293 e. The van der Waals surface area contributed by atoms with Gasteiger partial charge in [0.2, 0.25) is 0 Å². The average Bonchev–Trinajstić information content (AvgIpc) is 3.20. The number of fused-ring (bicyclic) bond motifs is 1. The third-order valence-electron chi connectivity index (χ3n) is 4.48. The van der Waals surface area contributed by atoms with Crippen molar-refractivity contribution in [3.05, 3.63) is 50.1 Å². The Labute approximate surface area is 155 Å². The molecule has 1 fully saturated rings. The molecule has 0 atom stereocenters. The summed E-state index contributed by atoms with van der Waals surface area (Å²) in [5.74, 6) is -0.181. The first-order chi connectivity index (χ1) is 12.6. The van der Waals surface area contributed by atoms with Crippen LogP contribution >= 0.6 is 11.3 Å². The molecule has 3 heterocycles. The highest BCUT2D eigenvalue weighted by molar-refractivity contribution is 7.17. The van der Waals surface area contributed by atoms with Crippen molar-refractivity contribution < 1.29 is 18.0 Å². The van der Waals surface area contributed by atoms with E-state index in [9.17, 15) is 22.8 Å². The summed E-state index contributed by atoms with van der Waals surface area (Å²) in [5.41, 5.74) is -0.254. The number of carbonyl (C=O) groups excluding carboxylic acids is 1. The molecule has 6 nitrogen and oxygen atoms in total. The van der Waals surface area contributed by atoms with Crippen LogP contribution in [0.3, 0.4) is 0 Å². The second kappa shape index (κ2) is 6.01. The van der Waals surface area contributed by atoms with Crippen molar-refractivity contribution in [1.29, 1.82) is 0 Å². The van der Waals surface area contributed by atoms with Crippen molar-refractivity contribution in [1.82, 2.24) is 19.2 Å². The van der Waals surface area contributed by atoms with Crippen LogP contribution in [0.5, 0.6) is 0 Å². The van der Waals surface area contributed by atoms with Crippen LogP contribution in [0.4, 0.5) is 13.2 Å². The zero-order valence-electron chi connectivity index (χ0n) is 14.5. The van der Waals surface area contributed by atoms with Crippen LogP contribution in [0.15, 0.2) is 16.9 Å². The molecule has 27 heavy (non-hydrogen) atoms. The van der Waals surface area contributed by atoms with Gasteiger partial charge in [-0.1, -0.05) is 0 Å². The van der Waals surface area contributed by atoms with Gasteiger partial charge in [-0.25, -0.2) is 9.38 Å². The number of thiazole rings is 1. The van der Waals surface area contributed by atoms with Crippen molar-refractivity contribution in [3.63, 3.8) is 0 Å². The first-order valence-electron chi connectivity index (χ1n) is 8.33. The van der Waals surface area contributed by atoms with Crippen molar-refractivity contribution in [3.8, 4) is 0 Å². The quantitative estimate of drug-likeness (QED) is 0.634. The Bertz CT molecular complexity index is 1120. The van der Waals surface area contributed by atoms with Crippen molar-refractivity contribution >= 4 is 22.1 Å². The van der Waals surface area contributed by atoms with Crippen LogP contribution < -0.4 is 5.56 Å². The molecule has 0 aromatic carbocycles. The van der Waals surface area contributed by atoms with Gasteiger partial charge in [0.1, 0.15) is 5.69 Å². The predicted molar refractivity (Wildman–Crippen MR) is 92.4 cm³/mol.